The molecule has 1 aromatic carbocycles. The van der Waals surface area contributed by atoms with Crippen molar-refractivity contribution >= 4 is 10.0 Å². The average molecular weight is 314 g/mol. The zero-order valence-electron chi connectivity index (χ0n) is 12.6. The Kier molecular flexibility index (Phi) is 4.57. The summed E-state index contributed by atoms with van der Waals surface area (Å²) in [5.74, 6) is 0.328. The quantitative estimate of drug-likeness (QED) is 0.895. The summed E-state index contributed by atoms with van der Waals surface area (Å²) >= 11 is 0. The van der Waals surface area contributed by atoms with Crippen LogP contribution in [0, 0.1) is 0 Å². The molecule has 0 atom stereocenters. The molecule has 1 aliphatic heterocycles. The first-order chi connectivity index (χ1) is 9.82. The van der Waals surface area contributed by atoms with Gasteiger partial charge < -0.3 is 15.2 Å². The molecule has 0 bridgehead atoms. The average Bonchev–Trinajstić information content (AvgIpc) is 2.45. The molecule has 118 valence electrons. The summed E-state index contributed by atoms with van der Waals surface area (Å²) in [6.07, 6.45) is 0. The fraction of sp³-hybridized carbons (Fsp3) is 0.571. The molecule has 1 aliphatic rings. The lowest BCUT2D eigenvalue weighted by Crippen LogP contribution is -2.55. The van der Waals surface area contributed by atoms with E-state index in [9.17, 15) is 8.42 Å². The molecule has 0 amide bonds. The molecule has 6 nitrogen and oxygen atoms in total. The van der Waals surface area contributed by atoms with Crippen LogP contribution < -0.4 is 10.5 Å². The molecule has 0 unspecified atom stereocenters. The van der Waals surface area contributed by atoms with Gasteiger partial charge in [-0.05, 0) is 31.5 Å². The van der Waals surface area contributed by atoms with Crippen molar-refractivity contribution in [3.8, 4) is 5.75 Å². The molecule has 21 heavy (non-hydrogen) atoms. The standard InChI is InChI=1S/C14H22N2O4S/c1-14(2)10-20-7-6-16(14)21(17,18)13-8-11(9-15)4-5-12(13)19-3/h4-5,8H,6-7,9-10,15H2,1-3H3. The van der Waals surface area contributed by atoms with Crippen LogP contribution in [0.4, 0.5) is 0 Å². The van der Waals surface area contributed by atoms with Crippen molar-refractivity contribution in [2.45, 2.75) is 30.8 Å². The van der Waals surface area contributed by atoms with Gasteiger partial charge in [0.25, 0.3) is 0 Å². The van der Waals surface area contributed by atoms with Gasteiger partial charge in [0.15, 0.2) is 0 Å². The SMILES string of the molecule is COc1ccc(CN)cc1S(=O)(=O)N1CCOCC1(C)C. The third-order valence-corrected chi connectivity index (χ3v) is 5.73. The van der Waals surface area contributed by atoms with Crippen molar-refractivity contribution in [2.75, 3.05) is 26.9 Å². The number of hydrogen-bond donors (Lipinski definition) is 1. The summed E-state index contributed by atoms with van der Waals surface area (Å²) < 4.78 is 38.1. The zero-order valence-corrected chi connectivity index (χ0v) is 13.4. The number of ether oxygens (including phenoxy) is 2. The number of nitrogens with zero attached hydrogens (tertiary/aromatic N) is 1. The van der Waals surface area contributed by atoms with Crippen molar-refractivity contribution in [1.29, 1.82) is 0 Å². The largest absolute Gasteiger partial charge is 0.495 e. The summed E-state index contributed by atoms with van der Waals surface area (Å²) in [6, 6.07) is 4.99. The van der Waals surface area contributed by atoms with Gasteiger partial charge in [-0.1, -0.05) is 6.07 Å². The highest BCUT2D eigenvalue weighted by molar-refractivity contribution is 7.89. The zero-order chi connectivity index (χ0) is 15.7. The molecule has 0 aliphatic carbocycles. The number of nitrogens with two attached hydrogens (primary N) is 1. The lowest BCUT2D eigenvalue weighted by atomic mass is 10.1. The first kappa shape index (κ1) is 16.2. The summed E-state index contributed by atoms with van der Waals surface area (Å²) in [7, 11) is -2.21. The number of rotatable bonds is 4. The maximum atomic E-state index is 13.0. The van der Waals surface area contributed by atoms with E-state index in [1.165, 1.54) is 11.4 Å². The number of hydrogen-bond acceptors (Lipinski definition) is 5. The highest BCUT2D eigenvalue weighted by Gasteiger charge is 2.40. The summed E-state index contributed by atoms with van der Waals surface area (Å²) in [5, 5.41) is 0. The van der Waals surface area contributed by atoms with E-state index in [0.717, 1.165) is 5.56 Å². The maximum absolute atomic E-state index is 13.0. The molecule has 0 aromatic heterocycles. The Bertz CT molecular complexity index is 613. The molecule has 0 spiro atoms. The Labute approximate surface area is 125 Å². The van der Waals surface area contributed by atoms with Crippen LogP contribution in [0.3, 0.4) is 0 Å². The van der Waals surface area contributed by atoms with Gasteiger partial charge in [0.1, 0.15) is 10.6 Å². The van der Waals surface area contributed by atoms with Gasteiger partial charge in [-0.3, -0.25) is 0 Å². The normalized spacial score (nSPS) is 19.4. The van der Waals surface area contributed by atoms with Crippen LogP contribution in [-0.4, -0.2) is 45.1 Å². The van der Waals surface area contributed by atoms with Gasteiger partial charge in [0, 0.05) is 13.1 Å². The Morgan fingerprint density at radius 1 is 1.43 bits per heavy atom. The molecule has 7 heteroatoms. The van der Waals surface area contributed by atoms with E-state index < -0.39 is 15.6 Å². The Hall–Kier alpha value is -1.15. The molecule has 1 aromatic rings. The Balaban J connectivity index is 2.52. The van der Waals surface area contributed by atoms with Crippen molar-refractivity contribution in [3.63, 3.8) is 0 Å². The Morgan fingerprint density at radius 3 is 2.71 bits per heavy atom. The number of sulfonamides is 1. The van der Waals surface area contributed by atoms with Crippen LogP contribution >= 0.6 is 0 Å². The van der Waals surface area contributed by atoms with Gasteiger partial charge in [-0.25, -0.2) is 8.42 Å². The Morgan fingerprint density at radius 2 is 2.14 bits per heavy atom. The molecule has 2 N–H and O–H groups in total. The smallest absolute Gasteiger partial charge is 0.247 e. The van der Waals surface area contributed by atoms with Crippen LogP contribution in [0.15, 0.2) is 23.1 Å². The molecule has 2 rings (SSSR count). The monoisotopic (exact) mass is 314 g/mol. The number of methoxy groups -OCH3 is 1. The van der Waals surface area contributed by atoms with Crippen LogP contribution in [0.1, 0.15) is 19.4 Å². The first-order valence-corrected chi connectivity index (χ1v) is 8.24. The van der Waals surface area contributed by atoms with E-state index in [1.54, 1.807) is 18.2 Å². The van der Waals surface area contributed by atoms with Gasteiger partial charge in [-0.2, -0.15) is 4.31 Å². The predicted molar refractivity (Wildman–Crippen MR) is 79.7 cm³/mol. The topological polar surface area (TPSA) is 81.9 Å². The van der Waals surface area contributed by atoms with Gasteiger partial charge >= 0.3 is 0 Å². The van der Waals surface area contributed by atoms with E-state index in [1.807, 2.05) is 13.8 Å². The minimum Gasteiger partial charge on any atom is -0.495 e. The molecule has 0 radical (unpaired) electrons. The fourth-order valence-corrected chi connectivity index (χ4v) is 4.42. The molecular weight excluding hydrogens is 292 g/mol. The summed E-state index contributed by atoms with van der Waals surface area (Å²) in [5.41, 5.74) is 5.77. The van der Waals surface area contributed by atoms with E-state index in [2.05, 4.69) is 0 Å². The van der Waals surface area contributed by atoms with Crippen molar-refractivity contribution in [3.05, 3.63) is 23.8 Å². The van der Waals surface area contributed by atoms with Gasteiger partial charge in [-0.15, -0.1) is 0 Å². The van der Waals surface area contributed by atoms with E-state index >= 15 is 0 Å². The molecule has 1 fully saturated rings. The number of benzene rings is 1. The summed E-state index contributed by atoms with van der Waals surface area (Å²) in [6.45, 7) is 5.06. The number of morpholine rings is 1. The van der Waals surface area contributed by atoms with Crippen LogP contribution in [0.2, 0.25) is 0 Å². The molecule has 1 heterocycles. The van der Waals surface area contributed by atoms with E-state index in [-0.39, 0.29) is 11.4 Å². The second kappa shape index (κ2) is 5.92. The highest BCUT2D eigenvalue weighted by Crippen LogP contribution is 2.32. The van der Waals surface area contributed by atoms with Crippen molar-refractivity contribution < 1.29 is 17.9 Å². The predicted octanol–water partition coefficient (Wildman–Crippen LogP) is 0.953. The van der Waals surface area contributed by atoms with E-state index in [4.69, 9.17) is 15.2 Å². The van der Waals surface area contributed by atoms with Crippen molar-refractivity contribution in [1.82, 2.24) is 4.31 Å². The lowest BCUT2D eigenvalue weighted by Gasteiger charge is -2.40. The van der Waals surface area contributed by atoms with Crippen LogP contribution in [0.5, 0.6) is 5.75 Å². The molecular formula is C14H22N2O4S. The van der Waals surface area contributed by atoms with Gasteiger partial charge in [0.2, 0.25) is 10.0 Å². The second-order valence-electron chi connectivity index (χ2n) is 5.63. The van der Waals surface area contributed by atoms with E-state index in [0.29, 0.717) is 25.5 Å². The minimum atomic E-state index is -3.67. The van der Waals surface area contributed by atoms with Crippen molar-refractivity contribution in [2.24, 2.45) is 5.73 Å². The summed E-state index contributed by atoms with van der Waals surface area (Å²) in [4.78, 5) is 0.155. The minimum absolute atomic E-state index is 0.155. The fourth-order valence-electron chi connectivity index (χ4n) is 2.46. The highest BCUT2D eigenvalue weighted by atomic mass is 32.2. The maximum Gasteiger partial charge on any atom is 0.247 e. The van der Waals surface area contributed by atoms with Crippen LogP contribution in [0.25, 0.3) is 0 Å². The third kappa shape index (κ3) is 3.06. The third-order valence-electron chi connectivity index (χ3n) is 3.60. The first-order valence-electron chi connectivity index (χ1n) is 6.80. The van der Waals surface area contributed by atoms with Gasteiger partial charge in [0.05, 0.1) is 25.9 Å². The van der Waals surface area contributed by atoms with Crippen LogP contribution in [-0.2, 0) is 21.3 Å². The second-order valence-corrected chi connectivity index (χ2v) is 7.46. The molecule has 0 saturated carbocycles. The lowest BCUT2D eigenvalue weighted by molar-refractivity contribution is -0.00776. The molecule has 1 saturated heterocycles.